The molecule has 0 aromatic rings. The lowest BCUT2D eigenvalue weighted by Gasteiger charge is -2.29. The van der Waals surface area contributed by atoms with Gasteiger partial charge in [0, 0.05) is 6.42 Å². The van der Waals surface area contributed by atoms with Gasteiger partial charge in [0.25, 0.3) is 7.82 Å². The minimum atomic E-state index is -4.61. The molecule has 3 atom stereocenters. The maximum atomic E-state index is 12.9. The maximum Gasteiger partial charge on any atom is 0.268 e. The van der Waals surface area contributed by atoms with Crippen LogP contribution in [0, 0.1) is 0 Å². The van der Waals surface area contributed by atoms with Gasteiger partial charge in [-0.2, -0.15) is 0 Å². The van der Waals surface area contributed by atoms with Crippen molar-refractivity contribution in [3.8, 4) is 0 Å². The molecule has 0 bridgehead atoms. The zero-order valence-corrected chi connectivity index (χ0v) is 40.5. The zero-order chi connectivity index (χ0) is 44.3. The van der Waals surface area contributed by atoms with E-state index in [2.05, 4.69) is 67.8 Å². The number of phosphoric ester groups is 1. The standard InChI is InChI=1S/C51H95N2O6P/c1-6-8-10-12-14-16-18-20-22-24-26-28-30-32-34-36-38-40-42-44-50(54)49(48-59-60(56,57)58-47-46-53(3,4)5)52-51(55)45-43-41-39-37-35-33-31-29-27-25-23-21-19-17-15-13-11-9-7-2/h15,17,21,23,27,29,34,36,42,44,49-50,54H,6-14,16,18-20,22,24-26,28,30-33,35,37-41,43,45-48H2,1-5H3,(H-,52,55,56,57)/b17-15-,23-21-,29-27-,36-34+,44-42+. The summed E-state index contributed by atoms with van der Waals surface area (Å²) in [4.78, 5) is 25.4. The van der Waals surface area contributed by atoms with Crippen molar-refractivity contribution < 1.29 is 32.9 Å². The first kappa shape index (κ1) is 58.2. The van der Waals surface area contributed by atoms with E-state index in [0.717, 1.165) is 64.2 Å². The number of amides is 1. The Morgan fingerprint density at radius 3 is 1.50 bits per heavy atom. The highest BCUT2D eigenvalue weighted by Gasteiger charge is 2.23. The third kappa shape index (κ3) is 44.3. The molecule has 0 aromatic carbocycles. The van der Waals surface area contributed by atoms with E-state index in [1.807, 2.05) is 27.2 Å². The van der Waals surface area contributed by atoms with Crippen molar-refractivity contribution in [2.75, 3.05) is 40.9 Å². The Balaban J connectivity index is 4.44. The predicted molar refractivity (Wildman–Crippen MR) is 256 cm³/mol. The normalized spacial score (nSPS) is 14.7. The van der Waals surface area contributed by atoms with Crippen molar-refractivity contribution in [3.05, 3.63) is 60.8 Å². The average molecular weight is 863 g/mol. The van der Waals surface area contributed by atoms with E-state index in [9.17, 15) is 19.4 Å². The van der Waals surface area contributed by atoms with E-state index in [-0.39, 0.29) is 12.5 Å². The number of allylic oxidation sites excluding steroid dienone is 9. The summed E-state index contributed by atoms with van der Waals surface area (Å²) in [7, 11) is 1.23. The number of carbonyl (C=O) groups is 1. The lowest BCUT2D eigenvalue weighted by Crippen LogP contribution is -2.45. The van der Waals surface area contributed by atoms with Crippen molar-refractivity contribution in [3.63, 3.8) is 0 Å². The molecule has 1 amide bonds. The van der Waals surface area contributed by atoms with Crippen LogP contribution in [0.1, 0.15) is 206 Å². The van der Waals surface area contributed by atoms with E-state index in [0.29, 0.717) is 17.4 Å². The third-order valence-corrected chi connectivity index (χ3v) is 11.7. The molecule has 8 nitrogen and oxygen atoms in total. The number of nitrogens with one attached hydrogen (secondary N) is 1. The van der Waals surface area contributed by atoms with Gasteiger partial charge in [0.2, 0.25) is 5.91 Å². The molecule has 0 spiro atoms. The molecule has 60 heavy (non-hydrogen) atoms. The highest BCUT2D eigenvalue weighted by atomic mass is 31.2. The number of aliphatic hydroxyl groups excluding tert-OH is 1. The summed E-state index contributed by atoms with van der Waals surface area (Å²) < 4.78 is 23.2. The topological polar surface area (TPSA) is 108 Å². The van der Waals surface area contributed by atoms with Crippen LogP contribution in [0.4, 0.5) is 0 Å². The van der Waals surface area contributed by atoms with Crippen LogP contribution in [-0.4, -0.2) is 68.5 Å². The van der Waals surface area contributed by atoms with Gasteiger partial charge >= 0.3 is 0 Å². The molecule has 0 heterocycles. The molecule has 0 fully saturated rings. The Morgan fingerprint density at radius 2 is 0.983 bits per heavy atom. The fourth-order valence-corrected chi connectivity index (χ4v) is 7.49. The van der Waals surface area contributed by atoms with Gasteiger partial charge in [-0.25, -0.2) is 0 Å². The molecule has 0 radical (unpaired) electrons. The van der Waals surface area contributed by atoms with E-state index in [1.165, 1.54) is 122 Å². The van der Waals surface area contributed by atoms with Crippen LogP contribution in [0.5, 0.6) is 0 Å². The number of aliphatic hydroxyl groups is 1. The second-order valence-corrected chi connectivity index (χ2v) is 19.2. The Hall–Kier alpha value is -1.80. The Labute approximate surface area is 371 Å². The lowest BCUT2D eigenvalue weighted by atomic mass is 10.0. The van der Waals surface area contributed by atoms with E-state index in [1.54, 1.807) is 6.08 Å². The first-order valence-electron chi connectivity index (χ1n) is 24.7. The van der Waals surface area contributed by atoms with Crippen molar-refractivity contribution in [1.29, 1.82) is 0 Å². The van der Waals surface area contributed by atoms with Gasteiger partial charge in [-0.15, -0.1) is 0 Å². The summed E-state index contributed by atoms with van der Waals surface area (Å²) in [5, 5.41) is 13.8. The van der Waals surface area contributed by atoms with Gasteiger partial charge in [-0.3, -0.25) is 9.36 Å². The highest BCUT2D eigenvalue weighted by molar-refractivity contribution is 7.45. The van der Waals surface area contributed by atoms with Crippen molar-refractivity contribution >= 4 is 13.7 Å². The number of hydrogen-bond acceptors (Lipinski definition) is 6. The van der Waals surface area contributed by atoms with Crippen molar-refractivity contribution in [1.82, 2.24) is 5.32 Å². The van der Waals surface area contributed by atoms with Gasteiger partial charge in [0.05, 0.1) is 39.9 Å². The molecule has 9 heteroatoms. The van der Waals surface area contributed by atoms with Gasteiger partial charge < -0.3 is 28.8 Å². The summed E-state index contributed by atoms with van der Waals surface area (Å²) in [6, 6.07) is -0.912. The van der Waals surface area contributed by atoms with Gasteiger partial charge in [0.1, 0.15) is 13.2 Å². The SMILES string of the molecule is CCCCC/C=C\C/C=C\C/C=C\CCCCCCCCC(=O)NC(COP(=O)([O-])OCC[N+](C)(C)C)C(O)/C=C/CC/C=C/CCCCCCCCCCCCCCC. The first-order valence-corrected chi connectivity index (χ1v) is 26.1. The molecular formula is C51H95N2O6P. The number of rotatable bonds is 44. The summed E-state index contributed by atoms with van der Waals surface area (Å²) >= 11 is 0. The number of nitrogens with zero attached hydrogens (tertiary/aromatic N) is 1. The number of hydrogen-bond donors (Lipinski definition) is 2. The second-order valence-electron chi connectivity index (χ2n) is 17.8. The number of phosphoric acid groups is 1. The Bertz CT molecular complexity index is 1160. The Morgan fingerprint density at radius 1 is 0.583 bits per heavy atom. The van der Waals surface area contributed by atoms with Crippen LogP contribution in [0.25, 0.3) is 0 Å². The molecule has 350 valence electrons. The molecule has 2 N–H and O–H groups in total. The minimum Gasteiger partial charge on any atom is -0.756 e. The molecule has 0 aromatic heterocycles. The van der Waals surface area contributed by atoms with Crippen LogP contribution in [0.2, 0.25) is 0 Å². The smallest absolute Gasteiger partial charge is 0.268 e. The predicted octanol–water partition coefficient (Wildman–Crippen LogP) is 13.6. The number of likely N-dealkylation sites (N-methyl/N-ethyl adjacent to an activating group) is 1. The number of unbranched alkanes of at least 4 members (excludes halogenated alkanes) is 23. The summed E-state index contributed by atoms with van der Waals surface area (Å²) in [6.07, 6.45) is 55.6. The first-order chi connectivity index (χ1) is 29.0. The van der Waals surface area contributed by atoms with E-state index in [4.69, 9.17) is 9.05 Å². The zero-order valence-electron chi connectivity index (χ0n) is 39.6. The fraction of sp³-hybridized carbons (Fsp3) is 0.784. The van der Waals surface area contributed by atoms with Crippen molar-refractivity contribution in [2.45, 2.75) is 219 Å². The van der Waals surface area contributed by atoms with Crippen LogP contribution < -0.4 is 10.2 Å². The average Bonchev–Trinajstić information content (AvgIpc) is 3.20. The number of quaternary nitrogens is 1. The quantitative estimate of drug-likeness (QED) is 0.0273. The summed E-state index contributed by atoms with van der Waals surface area (Å²) in [5.41, 5.74) is 0. The molecular weight excluding hydrogens is 768 g/mol. The largest absolute Gasteiger partial charge is 0.756 e. The third-order valence-electron chi connectivity index (χ3n) is 10.7. The van der Waals surface area contributed by atoms with Crippen LogP contribution in [0.15, 0.2) is 60.8 Å². The maximum absolute atomic E-state index is 12.9. The summed E-state index contributed by atoms with van der Waals surface area (Å²) in [5.74, 6) is -0.221. The summed E-state index contributed by atoms with van der Waals surface area (Å²) in [6.45, 7) is 4.59. The van der Waals surface area contributed by atoms with Gasteiger partial charge in [-0.05, 0) is 70.6 Å². The fourth-order valence-electron chi connectivity index (χ4n) is 6.76. The van der Waals surface area contributed by atoms with Crippen molar-refractivity contribution in [2.24, 2.45) is 0 Å². The molecule has 0 saturated heterocycles. The van der Waals surface area contributed by atoms with E-state index >= 15 is 0 Å². The van der Waals surface area contributed by atoms with Crippen LogP contribution >= 0.6 is 7.82 Å². The molecule has 0 aliphatic rings. The minimum absolute atomic E-state index is 0.0114. The van der Waals surface area contributed by atoms with Gasteiger partial charge in [0.15, 0.2) is 0 Å². The van der Waals surface area contributed by atoms with Crippen LogP contribution in [-0.2, 0) is 18.4 Å². The monoisotopic (exact) mass is 863 g/mol. The molecule has 0 rings (SSSR count). The van der Waals surface area contributed by atoms with Crippen LogP contribution in [0.3, 0.4) is 0 Å². The van der Waals surface area contributed by atoms with Gasteiger partial charge in [-0.1, -0.05) is 190 Å². The lowest BCUT2D eigenvalue weighted by molar-refractivity contribution is -0.870. The number of carbonyl (C=O) groups excluding carboxylic acids is 1. The molecule has 0 aliphatic heterocycles. The Kier molecular flexibility index (Phi) is 41.2. The van der Waals surface area contributed by atoms with E-state index < -0.39 is 26.6 Å². The molecule has 0 aliphatic carbocycles. The highest BCUT2D eigenvalue weighted by Crippen LogP contribution is 2.38. The second kappa shape index (κ2) is 42.5. The molecule has 0 saturated carbocycles. The molecule has 3 unspecified atom stereocenters.